The summed E-state index contributed by atoms with van der Waals surface area (Å²) in [6.45, 7) is 2.07. The lowest BCUT2D eigenvalue weighted by molar-refractivity contribution is -0.116. The molecule has 0 saturated heterocycles. The Morgan fingerprint density at radius 2 is 1.76 bits per heavy atom. The maximum Gasteiger partial charge on any atom is 0.162 e. The summed E-state index contributed by atoms with van der Waals surface area (Å²) in [6, 6.07) is 24.5. The summed E-state index contributed by atoms with van der Waals surface area (Å²) < 4.78 is 1.13. The molecule has 170 valence electrons. The standard InChI is InChI=1S/C28H25N3OS2/c1-17-13-21(28(33-2)34-17)25-22(16-29)27(30)31(20-11-7-4-8-12-20)23-14-19(15-24(32)26(23)25)18-9-5-3-6-10-18/h3-13,19,25H,14-15,30H2,1-2H3/t19-,25-/m0/s1. The minimum Gasteiger partial charge on any atom is -0.384 e. The summed E-state index contributed by atoms with van der Waals surface area (Å²) in [5.41, 5.74) is 11.9. The fourth-order valence-electron chi connectivity index (χ4n) is 5.15. The van der Waals surface area contributed by atoms with Crippen LogP contribution in [0.4, 0.5) is 5.69 Å². The number of anilines is 1. The Balaban J connectivity index is 1.74. The lowest BCUT2D eigenvalue weighted by Gasteiger charge is -2.41. The van der Waals surface area contributed by atoms with Gasteiger partial charge in [-0.3, -0.25) is 9.69 Å². The maximum atomic E-state index is 13.9. The zero-order chi connectivity index (χ0) is 23.8. The van der Waals surface area contributed by atoms with E-state index in [1.54, 1.807) is 23.1 Å². The van der Waals surface area contributed by atoms with Crippen LogP contribution in [0.2, 0.25) is 0 Å². The fourth-order valence-corrected chi connectivity index (χ4v) is 7.06. The number of thioether (sulfide) groups is 1. The summed E-state index contributed by atoms with van der Waals surface area (Å²) >= 11 is 3.36. The lowest BCUT2D eigenvalue weighted by Crippen LogP contribution is -2.40. The Labute approximate surface area is 208 Å². The number of nitrogens with zero attached hydrogens (tertiary/aromatic N) is 2. The molecule has 0 fully saturated rings. The molecule has 34 heavy (non-hydrogen) atoms. The summed E-state index contributed by atoms with van der Waals surface area (Å²) in [5.74, 6) is 0.142. The van der Waals surface area contributed by atoms with Crippen molar-refractivity contribution in [3.8, 4) is 6.07 Å². The molecule has 3 aromatic rings. The van der Waals surface area contributed by atoms with Crippen molar-refractivity contribution in [3.05, 3.63) is 105 Å². The molecule has 2 atom stereocenters. The number of benzene rings is 2. The molecule has 2 aromatic carbocycles. The van der Waals surface area contributed by atoms with E-state index in [9.17, 15) is 10.1 Å². The topological polar surface area (TPSA) is 70.1 Å². The van der Waals surface area contributed by atoms with Gasteiger partial charge in [-0.25, -0.2) is 0 Å². The first-order valence-corrected chi connectivity index (χ1v) is 13.3. The summed E-state index contributed by atoms with van der Waals surface area (Å²) in [5, 5.41) is 10.3. The predicted octanol–water partition coefficient (Wildman–Crippen LogP) is 6.48. The van der Waals surface area contributed by atoms with Crippen LogP contribution < -0.4 is 10.6 Å². The Kier molecular flexibility index (Phi) is 6.07. The van der Waals surface area contributed by atoms with Gasteiger partial charge in [0.2, 0.25) is 0 Å². The molecule has 2 N–H and O–H groups in total. The number of allylic oxidation sites excluding steroid dienone is 3. The second-order valence-electron chi connectivity index (χ2n) is 8.62. The highest BCUT2D eigenvalue weighted by Gasteiger charge is 2.43. The molecule has 0 unspecified atom stereocenters. The van der Waals surface area contributed by atoms with Gasteiger partial charge < -0.3 is 5.73 Å². The Bertz CT molecular complexity index is 1350. The average molecular weight is 484 g/mol. The van der Waals surface area contributed by atoms with Crippen LogP contribution >= 0.6 is 23.1 Å². The van der Waals surface area contributed by atoms with Crippen molar-refractivity contribution in [2.75, 3.05) is 11.2 Å². The number of para-hydroxylation sites is 1. The quantitative estimate of drug-likeness (QED) is 0.430. The number of thiophene rings is 1. The van der Waals surface area contributed by atoms with E-state index in [1.165, 1.54) is 0 Å². The third kappa shape index (κ3) is 3.75. The largest absolute Gasteiger partial charge is 0.384 e. The van der Waals surface area contributed by atoms with E-state index >= 15 is 0 Å². The molecular formula is C28H25N3OS2. The van der Waals surface area contributed by atoms with Gasteiger partial charge >= 0.3 is 0 Å². The number of hydrogen-bond acceptors (Lipinski definition) is 6. The summed E-state index contributed by atoms with van der Waals surface area (Å²) in [4.78, 5) is 17.0. The number of Topliss-reactive ketones (excluding diaryl/α,β-unsaturated/α-hetero) is 1. The molecule has 0 radical (unpaired) electrons. The monoisotopic (exact) mass is 483 g/mol. The van der Waals surface area contributed by atoms with Crippen molar-refractivity contribution >= 4 is 34.6 Å². The van der Waals surface area contributed by atoms with Gasteiger partial charge in [0.25, 0.3) is 0 Å². The van der Waals surface area contributed by atoms with E-state index in [2.05, 4.69) is 31.2 Å². The fraction of sp³-hybridized carbons (Fsp3) is 0.214. The lowest BCUT2D eigenvalue weighted by atomic mass is 9.72. The first kappa shape index (κ1) is 22.5. The van der Waals surface area contributed by atoms with Gasteiger partial charge in [-0.2, -0.15) is 5.26 Å². The van der Waals surface area contributed by atoms with E-state index in [1.807, 2.05) is 59.7 Å². The van der Waals surface area contributed by atoms with Crippen molar-refractivity contribution in [3.63, 3.8) is 0 Å². The Hall–Kier alpha value is -3.27. The van der Waals surface area contributed by atoms with Gasteiger partial charge in [0.15, 0.2) is 5.78 Å². The van der Waals surface area contributed by atoms with Gasteiger partial charge in [0, 0.05) is 28.3 Å². The van der Waals surface area contributed by atoms with Crippen molar-refractivity contribution in [1.82, 2.24) is 0 Å². The predicted molar refractivity (Wildman–Crippen MR) is 140 cm³/mol. The van der Waals surface area contributed by atoms with Crippen molar-refractivity contribution < 1.29 is 4.79 Å². The highest BCUT2D eigenvalue weighted by Crippen LogP contribution is 2.51. The molecule has 0 spiro atoms. The van der Waals surface area contributed by atoms with E-state index in [4.69, 9.17) is 5.73 Å². The van der Waals surface area contributed by atoms with E-state index in [0.29, 0.717) is 24.2 Å². The zero-order valence-electron chi connectivity index (χ0n) is 19.1. The van der Waals surface area contributed by atoms with Crippen LogP contribution in [0.5, 0.6) is 0 Å². The molecule has 0 saturated carbocycles. The van der Waals surface area contributed by atoms with Gasteiger partial charge in [-0.1, -0.05) is 48.5 Å². The molecule has 6 heteroatoms. The summed E-state index contributed by atoms with van der Waals surface area (Å²) in [6.07, 6.45) is 3.16. The highest BCUT2D eigenvalue weighted by atomic mass is 32.2. The van der Waals surface area contributed by atoms with Crippen LogP contribution in [0.15, 0.2) is 93.6 Å². The molecule has 1 aliphatic heterocycles. The first-order chi connectivity index (χ1) is 16.5. The second-order valence-corrected chi connectivity index (χ2v) is 10.9. The number of carbonyl (C=O) groups excluding carboxylic acids is 1. The van der Waals surface area contributed by atoms with Crippen LogP contribution in [-0.2, 0) is 4.79 Å². The van der Waals surface area contributed by atoms with Crippen LogP contribution in [0.3, 0.4) is 0 Å². The van der Waals surface area contributed by atoms with Gasteiger partial charge in [-0.15, -0.1) is 23.1 Å². The molecule has 2 aliphatic rings. The highest BCUT2D eigenvalue weighted by molar-refractivity contribution is 8.00. The minimum absolute atomic E-state index is 0.0694. The molecule has 4 nitrogen and oxygen atoms in total. The minimum atomic E-state index is -0.434. The normalized spacial score (nSPS) is 20.4. The van der Waals surface area contributed by atoms with E-state index in [0.717, 1.165) is 37.2 Å². The SMILES string of the molecule is CSc1sc(C)cc1[C@H]1C(C#N)=C(N)N(c2ccccc2)C2=C1C(=O)C[C@@H](c1ccccc1)C2. The van der Waals surface area contributed by atoms with Crippen LogP contribution in [0, 0.1) is 18.3 Å². The smallest absolute Gasteiger partial charge is 0.162 e. The van der Waals surface area contributed by atoms with Crippen LogP contribution in [0.1, 0.15) is 40.7 Å². The molecule has 0 amide bonds. The van der Waals surface area contributed by atoms with Gasteiger partial charge in [0.1, 0.15) is 5.82 Å². The van der Waals surface area contributed by atoms with Gasteiger partial charge in [0.05, 0.1) is 21.8 Å². The van der Waals surface area contributed by atoms with E-state index in [-0.39, 0.29) is 11.7 Å². The number of rotatable bonds is 4. The number of nitrogens with two attached hydrogens (primary N) is 1. The maximum absolute atomic E-state index is 13.9. The van der Waals surface area contributed by atoms with Crippen LogP contribution in [-0.4, -0.2) is 12.0 Å². The van der Waals surface area contributed by atoms with Crippen molar-refractivity contribution in [1.29, 1.82) is 5.26 Å². The van der Waals surface area contributed by atoms with Crippen molar-refractivity contribution in [2.45, 2.75) is 35.8 Å². The molecule has 1 aromatic heterocycles. The van der Waals surface area contributed by atoms with E-state index < -0.39 is 5.92 Å². The molecule has 1 aliphatic carbocycles. The number of hydrogen-bond donors (Lipinski definition) is 1. The third-order valence-electron chi connectivity index (χ3n) is 6.60. The Morgan fingerprint density at radius 1 is 1.09 bits per heavy atom. The van der Waals surface area contributed by atoms with Gasteiger partial charge in [-0.05, 0) is 54.8 Å². The number of aryl methyl sites for hydroxylation is 1. The van der Waals surface area contributed by atoms with Crippen LogP contribution in [0.25, 0.3) is 0 Å². The average Bonchev–Trinajstić information content (AvgIpc) is 3.24. The summed E-state index contributed by atoms with van der Waals surface area (Å²) in [7, 11) is 0. The number of carbonyl (C=O) groups is 1. The number of ketones is 1. The molecule has 2 heterocycles. The Morgan fingerprint density at radius 3 is 2.41 bits per heavy atom. The third-order valence-corrected chi connectivity index (χ3v) is 8.81. The van der Waals surface area contributed by atoms with Crippen molar-refractivity contribution in [2.24, 2.45) is 5.73 Å². The molecule has 5 rings (SSSR count). The number of nitriles is 1. The molecule has 0 bridgehead atoms. The second kappa shape index (κ2) is 9.17. The molecular weight excluding hydrogens is 458 g/mol. The first-order valence-electron chi connectivity index (χ1n) is 11.2. The zero-order valence-corrected chi connectivity index (χ0v) is 20.7.